The van der Waals surface area contributed by atoms with Crippen LogP contribution in [-0.4, -0.2) is 48.4 Å². The number of nitrogens with zero attached hydrogens (tertiary/aromatic N) is 1. The second-order valence-electron chi connectivity index (χ2n) is 16.6. The van der Waals surface area contributed by atoms with E-state index in [1.807, 2.05) is 30.5 Å². The molecule has 1 spiro atoms. The normalized spacial score (nSPS) is 26.5. The monoisotopic (exact) mass is 772 g/mol. The summed E-state index contributed by atoms with van der Waals surface area (Å²) in [6.45, 7) is 6.95. The zero-order valence-electron chi connectivity index (χ0n) is 32.2. The van der Waals surface area contributed by atoms with Crippen LogP contribution in [0.25, 0.3) is 0 Å². The highest BCUT2D eigenvalue weighted by Gasteiger charge is 2.55. The van der Waals surface area contributed by atoms with Crippen molar-refractivity contribution in [3.8, 4) is 17.2 Å². The standard InChI is InChI=1S/C44H53ClN2O8/c1-27(25-50-37-14-19-46-36-13-6-8-28(2)40(36)37)20-31-21-30-22-38-39(52-26-51-38)24-35(30)43(31)15-17-44(18-16-43,47-33-10-7-9-32(45)23-33)41(48)53-29(3)54-42(49)55-34-11-4-5-12-34/h7,9-10,14,19,22-24,27-29,31,34,47H,4-6,8,11-13,15-18,20-21,25-26H2,1-3H3/t27-,28-,29?,31+,43?,44?/m1/s1. The van der Waals surface area contributed by atoms with E-state index >= 15 is 0 Å². The van der Waals surface area contributed by atoms with E-state index in [0.717, 1.165) is 87.1 Å². The highest BCUT2D eigenvalue weighted by molar-refractivity contribution is 6.30. The Labute approximate surface area is 328 Å². The number of carbonyl (C=O) groups excluding carboxylic acids is 2. The summed E-state index contributed by atoms with van der Waals surface area (Å²) in [6.07, 6.45) is 11.1. The topological polar surface area (TPSA) is 114 Å². The van der Waals surface area contributed by atoms with Gasteiger partial charge in [0.05, 0.1) is 6.61 Å². The van der Waals surface area contributed by atoms with Gasteiger partial charge in [-0.15, -0.1) is 0 Å². The van der Waals surface area contributed by atoms with Crippen LogP contribution in [-0.2, 0) is 37.3 Å². The van der Waals surface area contributed by atoms with Gasteiger partial charge in [0, 0.05) is 35.1 Å². The Morgan fingerprint density at radius 3 is 2.55 bits per heavy atom. The summed E-state index contributed by atoms with van der Waals surface area (Å²) >= 11 is 6.41. The van der Waals surface area contributed by atoms with Crippen molar-refractivity contribution in [2.24, 2.45) is 11.8 Å². The quantitative estimate of drug-likeness (QED) is 0.149. The van der Waals surface area contributed by atoms with E-state index in [0.29, 0.717) is 36.3 Å². The lowest BCUT2D eigenvalue weighted by molar-refractivity contribution is -0.176. The number of ether oxygens (including phenoxy) is 6. The van der Waals surface area contributed by atoms with E-state index in [9.17, 15) is 9.59 Å². The molecule has 1 aliphatic heterocycles. The first-order chi connectivity index (χ1) is 26.6. The lowest BCUT2D eigenvalue weighted by Crippen LogP contribution is -2.54. The summed E-state index contributed by atoms with van der Waals surface area (Å²) in [5, 5.41) is 4.11. The van der Waals surface area contributed by atoms with Crippen LogP contribution in [0.4, 0.5) is 10.5 Å². The number of hydrogen-bond donors (Lipinski definition) is 1. The number of aromatic nitrogens is 1. The average Bonchev–Trinajstić information content (AvgIpc) is 3.91. The third-order valence-electron chi connectivity index (χ3n) is 12.9. The van der Waals surface area contributed by atoms with Crippen LogP contribution in [0.2, 0.25) is 5.02 Å². The molecule has 1 aromatic heterocycles. The molecule has 10 nitrogen and oxygen atoms in total. The number of halogens is 1. The van der Waals surface area contributed by atoms with Crippen molar-refractivity contribution in [1.29, 1.82) is 0 Å². The maximum Gasteiger partial charge on any atom is 0.511 e. The average molecular weight is 773 g/mol. The number of carbonyl (C=O) groups is 2. The van der Waals surface area contributed by atoms with Gasteiger partial charge >= 0.3 is 12.1 Å². The predicted molar refractivity (Wildman–Crippen MR) is 208 cm³/mol. The third kappa shape index (κ3) is 7.80. The Bertz CT molecular complexity index is 1890. The Hall–Kier alpha value is -4.18. The number of rotatable bonds is 11. The van der Waals surface area contributed by atoms with Gasteiger partial charge in [0.15, 0.2) is 11.5 Å². The Kier molecular flexibility index (Phi) is 10.8. The van der Waals surface area contributed by atoms with Gasteiger partial charge in [-0.25, -0.2) is 9.59 Å². The second-order valence-corrected chi connectivity index (χ2v) is 17.1. The number of benzene rings is 2. The maximum absolute atomic E-state index is 14.3. The molecule has 4 atom stereocenters. The Balaban J connectivity index is 1.02. The molecule has 5 aliphatic rings. The molecule has 3 aromatic rings. The SMILES string of the molecule is CC(OC(=O)OC1CCCC1)OC(=O)C1(Nc2cccc(Cl)c2)CCC2(CC1)c1cc3c(cc1C[C@@H]2C[C@@H](C)COc1ccnc2c1[C@H](C)CCC2)OCO3. The molecular weight excluding hydrogens is 720 g/mol. The van der Waals surface area contributed by atoms with Gasteiger partial charge in [-0.1, -0.05) is 31.5 Å². The third-order valence-corrected chi connectivity index (χ3v) is 13.1. The Morgan fingerprint density at radius 2 is 1.76 bits per heavy atom. The summed E-state index contributed by atoms with van der Waals surface area (Å²) in [4.78, 5) is 31.6. The van der Waals surface area contributed by atoms with Crippen LogP contribution < -0.4 is 19.5 Å². The molecule has 2 saturated carbocycles. The second kappa shape index (κ2) is 15.8. The predicted octanol–water partition coefficient (Wildman–Crippen LogP) is 9.83. The fraction of sp³-hybridized carbons (Fsp3) is 0.568. The fourth-order valence-corrected chi connectivity index (χ4v) is 10.3. The number of anilines is 1. The molecule has 4 aliphatic carbocycles. The smallest absolute Gasteiger partial charge is 0.493 e. The molecule has 11 heteroatoms. The van der Waals surface area contributed by atoms with Gasteiger partial charge < -0.3 is 33.7 Å². The van der Waals surface area contributed by atoms with Crippen molar-refractivity contribution in [2.75, 3.05) is 18.7 Å². The molecule has 2 heterocycles. The van der Waals surface area contributed by atoms with Gasteiger partial charge in [-0.3, -0.25) is 4.98 Å². The van der Waals surface area contributed by atoms with E-state index in [2.05, 4.69) is 36.3 Å². The summed E-state index contributed by atoms with van der Waals surface area (Å²) in [5.74, 6) is 3.09. The molecule has 1 unspecified atom stereocenters. The number of hydrogen-bond acceptors (Lipinski definition) is 10. The zero-order valence-corrected chi connectivity index (χ0v) is 33.0. The summed E-state index contributed by atoms with van der Waals surface area (Å²) in [6, 6.07) is 13.8. The molecule has 0 bridgehead atoms. The van der Waals surface area contributed by atoms with E-state index < -0.39 is 24.0 Å². The number of pyridine rings is 1. The summed E-state index contributed by atoms with van der Waals surface area (Å²) in [5.41, 5.74) is 4.43. The highest BCUT2D eigenvalue weighted by atomic mass is 35.5. The van der Waals surface area contributed by atoms with Gasteiger partial charge in [0.1, 0.15) is 17.4 Å². The van der Waals surface area contributed by atoms with Crippen molar-refractivity contribution in [1.82, 2.24) is 4.98 Å². The van der Waals surface area contributed by atoms with Crippen LogP contribution in [0, 0.1) is 11.8 Å². The van der Waals surface area contributed by atoms with Crippen LogP contribution in [0.1, 0.15) is 120 Å². The molecule has 2 fully saturated rings. The van der Waals surface area contributed by atoms with Gasteiger partial charge in [0.2, 0.25) is 13.1 Å². The first-order valence-electron chi connectivity index (χ1n) is 20.3. The van der Waals surface area contributed by atoms with E-state index in [1.165, 1.54) is 28.8 Å². The van der Waals surface area contributed by atoms with Crippen LogP contribution >= 0.6 is 11.6 Å². The maximum atomic E-state index is 14.3. The van der Waals surface area contributed by atoms with Crippen molar-refractivity contribution in [2.45, 2.75) is 134 Å². The van der Waals surface area contributed by atoms with Gasteiger partial charge in [-0.2, -0.15) is 0 Å². The molecule has 0 saturated heterocycles. The zero-order chi connectivity index (χ0) is 38.2. The van der Waals surface area contributed by atoms with E-state index in [4.69, 9.17) is 40.0 Å². The highest BCUT2D eigenvalue weighted by Crippen LogP contribution is 2.58. The van der Waals surface area contributed by atoms with Crippen LogP contribution in [0.5, 0.6) is 17.2 Å². The molecule has 8 rings (SSSR count). The number of fused-ring (bicyclic) bond motifs is 4. The number of nitrogens with one attached hydrogen (secondary N) is 1. The van der Waals surface area contributed by atoms with E-state index in [1.54, 1.807) is 13.0 Å². The minimum Gasteiger partial charge on any atom is -0.493 e. The summed E-state index contributed by atoms with van der Waals surface area (Å²) < 4.78 is 35.1. The van der Waals surface area contributed by atoms with Gasteiger partial charge in [-0.05, 0) is 154 Å². The lowest BCUT2D eigenvalue weighted by atomic mass is 9.59. The minimum atomic E-state index is -1.12. The molecule has 1 N–H and O–H groups in total. The molecule has 0 amide bonds. The first-order valence-corrected chi connectivity index (χ1v) is 20.6. The molecule has 2 aromatic carbocycles. The van der Waals surface area contributed by atoms with Crippen molar-refractivity contribution < 1.29 is 38.0 Å². The largest absolute Gasteiger partial charge is 0.511 e. The van der Waals surface area contributed by atoms with Crippen molar-refractivity contribution in [3.63, 3.8) is 0 Å². The number of esters is 1. The molecule has 55 heavy (non-hydrogen) atoms. The lowest BCUT2D eigenvalue weighted by Gasteiger charge is -2.48. The number of aryl methyl sites for hydroxylation is 1. The molecule has 0 radical (unpaired) electrons. The van der Waals surface area contributed by atoms with Crippen molar-refractivity contribution >= 4 is 29.4 Å². The van der Waals surface area contributed by atoms with Crippen molar-refractivity contribution in [3.05, 3.63) is 76.1 Å². The van der Waals surface area contributed by atoms with Gasteiger partial charge in [0.25, 0.3) is 0 Å². The molecule has 294 valence electrons. The van der Waals surface area contributed by atoms with Crippen LogP contribution in [0.3, 0.4) is 0 Å². The Morgan fingerprint density at radius 1 is 0.982 bits per heavy atom. The first kappa shape index (κ1) is 37.7. The summed E-state index contributed by atoms with van der Waals surface area (Å²) in [7, 11) is 0. The van der Waals surface area contributed by atoms with Crippen LogP contribution in [0.15, 0.2) is 48.7 Å². The van der Waals surface area contributed by atoms with E-state index in [-0.39, 0.29) is 24.2 Å². The molecular formula is C44H53ClN2O8. The fourth-order valence-electron chi connectivity index (χ4n) is 10.1. The minimum absolute atomic E-state index is 0.153.